The van der Waals surface area contributed by atoms with Crippen molar-refractivity contribution in [1.29, 1.82) is 5.26 Å². The number of hydrogen-bond donors (Lipinski definition) is 0. The number of amides is 3. The maximum absolute atomic E-state index is 13.9. The van der Waals surface area contributed by atoms with Crippen LogP contribution in [-0.4, -0.2) is 39.6 Å². The summed E-state index contributed by atoms with van der Waals surface area (Å²) in [5, 5.41) is 10.3. The molecule has 2 aromatic rings. The Kier molecular flexibility index (Phi) is 5.56. The summed E-state index contributed by atoms with van der Waals surface area (Å²) in [6.07, 6.45) is 1.30. The SMILES string of the molecule is C[C@H](C(=O)N1[C@H](c2cccc(Cl)c2)CC[C@@H]1C(C)(C)C#N)N1C(=O)c2ccccc2C1=O. The van der Waals surface area contributed by atoms with Crippen molar-refractivity contribution < 1.29 is 14.4 Å². The first kappa shape index (κ1) is 22.0. The number of likely N-dealkylation sites (tertiary alicyclic amines) is 1. The molecule has 3 atom stereocenters. The molecule has 0 aliphatic carbocycles. The first-order chi connectivity index (χ1) is 15.2. The smallest absolute Gasteiger partial charge is 0.262 e. The third kappa shape index (κ3) is 3.47. The lowest BCUT2D eigenvalue weighted by atomic mass is 9.84. The Bertz CT molecular complexity index is 1120. The van der Waals surface area contributed by atoms with E-state index in [0.29, 0.717) is 29.0 Å². The van der Waals surface area contributed by atoms with E-state index in [9.17, 15) is 19.6 Å². The topological polar surface area (TPSA) is 81.5 Å². The van der Waals surface area contributed by atoms with Gasteiger partial charge in [0.25, 0.3) is 11.8 Å². The summed E-state index contributed by atoms with van der Waals surface area (Å²) < 4.78 is 0. The summed E-state index contributed by atoms with van der Waals surface area (Å²) in [6, 6.07) is 14.6. The molecule has 1 fully saturated rings. The second kappa shape index (κ2) is 8.07. The van der Waals surface area contributed by atoms with Crippen LogP contribution in [0.1, 0.15) is 65.9 Å². The predicted molar refractivity (Wildman–Crippen MR) is 120 cm³/mol. The van der Waals surface area contributed by atoms with Crippen molar-refractivity contribution in [3.63, 3.8) is 0 Å². The van der Waals surface area contributed by atoms with Crippen molar-refractivity contribution in [3.05, 3.63) is 70.2 Å². The van der Waals surface area contributed by atoms with E-state index in [0.717, 1.165) is 10.5 Å². The average Bonchev–Trinajstić information content (AvgIpc) is 3.34. The monoisotopic (exact) mass is 449 g/mol. The number of benzene rings is 2. The van der Waals surface area contributed by atoms with Gasteiger partial charge in [0.15, 0.2) is 0 Å². The number of hydrogen-bond acceptors (Lipinski definition) is 4. The molecule has 2 aromatic carbocycles. The highest BCUT2D eigenvalue weighted by Gasteiger charge is 2.49. The molecule has 164 valence electrons. The number of carbonyl (C=O) groups is 3. The maximum atomic E-state index is 13.9. The van der Waals surface area contributed by atoms with Crippen LogP contribution in [0, 0.1) is 16.7 Å². The minimum absolute atomic E-state index is 0.295. The van der Waals surface area contributed by atoms with Crippen molar-refractivity contribution in [2.75, 3.05) is 0 Å². The van der Waals surface area contributed by atoms with Crippen molar-refractivity contribution >= 4 is 29.3 Å². The van der Waals surface area contributed by atoms with Crippen molar-refractivity contribution in [3.8, 4) is 6.07 Å². The van der Waals surface area contributed by atoms with Crippen molar-refractivity contribution in [2.24, 2.45) is 5.41 Å². The molecular weight excluding hydrogens is 426 g/mol. The minimum Gasteiger partial charge on any atom is -0.329 e. The van der Waals surface area contributed by atoms with Crippen LogP contribution in [0.15, 0.2) is 48.5 Å². The minimum atomic E-state index is -1.00. The van der Waals surface area contributed by atoms with Crippen LogP contribution in [0.4, 0.5) is 0 Å². The lowest BCUT2D eigenvalue weighted by Gasteiger charge is -2.39. The molecule has 7 heteroatoms. The Balaban J connectivity index is 1.72. The average molecular weight is 450 g/mol. The number of nitrogens with zero attached hydrogens (tertiary/aromatic N) is 3. The Morgan fingerprint density at radius 2 is 1.72 bits per heavy atom. The number of halogens is 1. The van der Waals surface area contributed by atoms with Crippen molar-refractivity contribution in [2.45, 2.75) is 51.7 Å². The van der Waals surface area contributed by atoms with Crippen LogP contribution in [0.2, 0.25) is 5.02 Å². The zero-order chi connectivity index (χ0) is 23.2. The first-order valence-corrected chi connectivity index (χ1v) is 11.0. The molecule has 2 aliphatic heterocycles. The Hall–Kier alpha value is -3.17. The van der Waals surface area contributed by atoms with Gasteiger partial charge in [-0.2, -0.15) is 5.26 Å². The zero-order valence-electron chi connectivity index (χ0n) is 18.2. The van der Waals surface area contributed by atoms with E-state index in [2.05, 4.69) is 6.07 Å². The summed E-state index contributed by atoms with van der Waals surface area (Å²) in [6.45, 7) is 5.20. The molecule has 2 heterocycles. The van der Waals surface area contributed by atoms with Gasteiger partial charge >= 0.3 is 0 Å². The Morgan fingerprint density at radius 1 is 1.09 bits per heavy atom. The molecule has 32 heavy (non-hydrogen) atoms. The fourth-order valence-corrected chi connectivity index (χ4v) is 5.03. The highest BCUT2D eigenvalue weighted by atomic mass is 35.5. The highest BCUT2D eigenvalue weighted by Crippen LogP contribution is 2.44. The normalized spacial score (nSPS) is 21.5. The Labute approximate surface area is 192 Å². The van der Waals surface area contributed by atoms with Gasteiger partial charge in [0, 0.05) is 5.02 Å². The van der Waals surface area contributed by atoms with Crippen LogP contribution in [0.5, 0.6) is 0 Å². The number of rotatable bonds is 4. The summed E-state index contributed by atoms with van der Waals surface area (Å²) in [4.78, 5) is 42.5. The first-order valence-electron chi connectivity index (χ1n) is 10.6. The lowest BCUT2D eigenvalue weighted by Crippen LogP contribution is -2.53. The Morgan fingerprint density at radius 3 is 2.28 bits per heavy atom. The van der Waals surface area contributed by atoms with Crippen LogP contribution in [-0.2, 0) is 4.79 Å². The number of carbonyl (C=O) groups excluding carboxylic acids is 3. The molecule has 0 N–H and O–H groups in total. The predicted octanol–water partition coefficient (Wildman–Crippen LogP) is 4.61. The fourth-order valence-electron chi connectivity index (χ4n) is 4.83. The molecule has 6 nitrogen and oxygen atoms in total. The van der Waals surface area contributed by atoms with Crippen LogP contribution in [0.25, 0.3) is 0 Å². The molecule has 0 saturated carbocycles. The molecule has 0 spiro atoms. The van der Waals surface area contributed by atoms with E-state index in [4.69, 9.17) is 11.6 Å². The van der Waals surface area contributed by atoms with Gasteiger partial charge in [-0.3, -0.25) is 19.3 Å². The summed E-state index contributed by atoms with van der Waals surface area (Å²) in [5.41, 5.74) is 0.680. The molecule has 0 aromatic heterocycles. The number of imide groups is 1. The number of nitriles is 1. The van der Waals surface area contributed by atoms with Gasteiger partial charge in [-0.25, -0.2) is 0 Å². The molecule has 2 aliphatic rings. The molecule has 1 saturated heterocycles. The van der Waals surface area contributed by atoms with Gasteiger partial charge in [0.1, 0.15) is 6.04 Å². The van der Waals surface area contributed by atoms with E-state index in [1.807, 2.05) is 32.0 Å². The molecule has 0 bridgehead atoms. The largest absolute Gasteiger partial charge is 0.329 e. The van der Waals surface area contributed by atoms with Gasteiger partial charge in [-0.05, 0) is 63.4 Å². The quantitative estimate of drug-likeness (QED) is 0.638. The second-order valence-electron chi connectivity index (χ2n) is 8.94. The third-order valence-electron chi connectivity index (χ3n) is 6.56. The van der Waals surface area contributed by atoms with Gasteiger partial charge < -0.3 is 4.90 Å². The molecular formula is C25H24ClN3O3. The van der Waals surface area contributed by atoms with E-state index in [1.54, 1.807) is 42.2 Å². The van der Waals surface area contributed by atoms with E-state index in [1.165, 1.54) is 0 Å². The van der Waals surface area contributed by atoms with Gasteiger partial charge in [0.05, 0.1) is 34.7 Å². The highest BCUT2D eigenvalue weighted by molar-refractivity contribution is 6.30. The maximum Gasteiger partial charge on any atom is 0.262 e. The van der Waals surface area contributed by atoms with Gasteiger partial charge in [-0.15, -0.1) is 0 Å². The van der Waals surface area contributed by atoms with Crippen molar-refractivity contribution in [1.82, 2.24) is 9.80 Å². The fraction of sp³-hybridized carbons (Fsp3) is 0.360. The molecule has 0 radical (unpaired) electrons. The summed E-state index contributed by atoms with van der Waals surface area (Å²) in [5.74, 6) is -1.29. The van der Waals surface area contributed by atoms with Crippen LogP contribution < -0.4 is 0 Å². The van der Waals surface area contributed by atoms with Crippen LogP contribution >= 0.6 is 11.6 Å². The van der Waals surface area contributed by atoms with E-state index >= 15 is 0 Å². The molecule has 4 rings (SSSR count). The lowest BCUT2D eigenvalue weighted by molar-refractivity contribution is -0.139. The van der Waals surface area contributed by atoms with E-state index in [-0.39, 0.29) is 18.0 Å². The molecule has 0 unspecified atom stereocenters. The van der Waals surface area contributed by atoms with E-state index < -0.39 is 23.3 Å². The zero-order valence-corrected chi connectivity index (χ0v) is 19.0. The second-order valence-corrected chi connectivity index (χ2v) is 9.38. The van der Waals surface area contributed by atoms with Gasteiger partial charge in [-0.1, -0.05) is 35.9 Å². The standard InChI is InChI=1S/C25H24ClN3O3/c1-15(28-23(31)18-9-4-5-10-19(18)24(28)32)22(30)29-20(16-7-6-8-17(26)13-16)11-12-21(29)25(2,3)14-27/h4-10,13,15,20-21H,11-12H2,1-3H3/t15-,20+,21-/m1/s1. The van der Waals surface area contributed by atoms with Crippen LogP contribution in [0.3, 0.4) is 0 Å². The summed E-state index contributed by atoms with van der Waals surface area (Å²) in [7, 11) is 0. The third-order valence-corrected chi connectivity index (χ3v) is 6.80. The van der Waals surface area contributed by atoms with Gasteiger partial charge in [0.2, 0.25) is 5.91 Å². The number of fused-ring (bicyclic) bond motifs is 1. The summed E-state index contributed by atoms with van der Waals surface area (Å²) >= 11 is 6.21. The molecule has 3 amide bonds.